The highest BCUT2D eigenvalue weighted by Crippen LogP contribution is 2.35. The van der Waals surface area contributed by atoms with Crippen LogP contribution in [0.1, 0.15) is 57.8 Å². The van der Waals surface area contributed by atoms with Crippen LogP contribution in [0, 0.1) is 19.3 Å². The number of carbonyl (C=O) groups is 2. The summed E-state index contributed by atoms with van der Waals surface area (Å²) in [6, 6.07) is 16.4. The van der Waals surface area contributed by atoms with Crippen molar-refractivity contribution in [3.63, 3.8) is 0 Å². The Morgan fingerprint density at radius 3 is 2.10 bits per heavy atom. The molecule has 158 valence electrons. The van der Waals surface area contributed by atoms with Gasteiger partial charge in [-0.15, -0.1) is 0 Å². The van der Waals surface area contributed by atoms with E-state index in [0.717, 1.165) is 11.1 Å². The van der Waals surface area contributed by atoms with Gasteiger partial charge in [-0.05, 0) is 56.0 Å². The molecule has 0 fully saturated rings. The van der Waals surface area contributed by atoms with E-state index < -0.39 is 11.5 Å². The maximum Gasteiger partial charge on any atom is 0.268 e. The van der Waals surface area contributed by atoms with Crippen molar-refractivity contribution < 1.29 is 9.59 Å². The van der Waals surface area contributed by atoms with E-state index in [2.05, 4.69) is 5.32 Å². The summed E-state index contributed by atoms with van der Waals surface area (Å²) in [6.45, 7) is 7.98. The summed E-state index contributed by atoms with van der Waals surface area (Å²) in [5, 5.41) is 2.79. The van der Waals surface area contributed by atoms with Gasteiger partial charge in [0.25, 0.3) is 11.5 Å². The van der Waals surface area contributed by atoms with Crippen molar-refractivity contribution in [3.05, 3.63) is 92.9 Å². The van der Waals surface area contributed by atoms with Gasteiger partial charge in [0.15, 0.2) is 5.78 Å². The molecule has 2 aromatic carbocycles. The first-order valence-corrected chi connectivity index (χ1v) is 10.4. The SMILES string of the molecule is Cc1ccc(NC(=O)c2cc3c(n(-c4ccc(C)cc4)c2=O)CC(C)(C)CC3=O)cc1. The zero-order valence-corrected chi connectivity index (χ0v) is 18.3. The number of pyridine rings is 1. The molecule has 1 heterocycles. The Hall–Kier alpha value is -3.47. The van der Waals surface area contributed by atoms with Crippen molar-refractivity contribution in [3.8, 4) is 5.69 Å². The number of ketones is 1. The lowest BCUT2D eigenvalue weighted by Crippen LogP contribution is -2.37. The monoisotopic (exact) mass is 414 g/mol. The van der Waals surface area contributed by atoms with Gasteiger partial charge in [-0.25, -0.2) is 0 Å². The number of nitrogens with zero attached hydrogens (tertiary/aromatic N) is 1. The number of benzene rings is 2. The van der Waals surface area contributed by atoms with Gasteiger partial charge in [-0.3, -0.25) is 19.0 Å². The lowest BCUT2D eigenvalue weighted by Gasteiger charge is -2.32. The molecule has 1 N–H and O–H groups in total. The fourth-order valence-electron chi connectivity index (χ4n) is 4.08. The summed E-state index contributed by atoms with van der Waals surface area (Å²) < 4.78 is 1.54. The van der Waals surface area contributed by atoms with Crippen LogP contribution < -0.4 is 10.9 Å². The Bertz CT molecular complexity index is 1230. The van der Waals surface area contributed by atoms with Gasteiger partial charge in [0.2, 0.25) is 0 Å². The molecule has 1 aliphatic rings. The molecule has 1 aromatic heterocycles. The summed E-state index contributed by atoms with van der Waals surface area (Å²) >= 11 is 0. The standard InChI is InChI=1S/C26H26N2O3/c1-16-5-9-18(10-6-16)27-24(30)21-13-20-22(14-26(3,4)15-23(20)29)28(25(21)31)19-11-7-17(2)8-12-19/h5-13H,14-15H2,1-4H3,(H,27,30). The second kappa shape index (κ2) is 7.65. The van der Waals surface area contributed by atoms with E-state index in [1.54, 1.807) is 12.1 Å². The smallest absolute Gasteiger partial charge is 0.268 e. The maximum atomic E-state index is 13.5. The van der Waals surface area contributed by atoms with Crippen molar-refractivity contribution in [2.45, 2.75) is 40.5 Å². The third-order valence-corrected chi connectivity index (χ3v) is 5.73. The van der Waals surface area contributed by atoms with E-state index in [0.29, 0.717) is 35.5 Å². The number of rotatable bonds is 3. The van der Waals surface area contributed by atoms with Gasteiger partial charge in [0, 0.05) is 29.1 Å². The number of aromatic nitrogens is 1. The molecule has 3 aromatic rings. The highest BCUT2D eigenvalue weighted by molar-refractivity contribution is 6.07. The highest BCUT2D eigenvalue weighted by atomic mass is 16.2. The third-order valence-electron chi connectivity index (χ3n) is 5.73. The van der Waals surface area contributed by atoms with Crippen molar-refractivity contribution >= 4 is 17.4 Å². The molecule has 1 aliphatic carbocycles. The van der Waals surface area contributed by atoms with E-state index in [4.69, 9.17) is 0 Å². The van der Waals surface area contributed by atoms with Crippen LogP contribution >= 0.6 is 0 Å². The summed E-state index contributed by atoms with van der Waals surface area (Å²) in [7, 11) is 0. The quantitative estimate of drug-likeness (QED) is 0.665. The number of hydrogen-bond donors (Lipinski definition) is 1. The third kappa shape index (κ3) is 4.08. The number of hydrogen-bond acceptors (Lipinski definition) is 3. The van der Waals surface area contributed by atoms with Crippen LogP contribution in [0.2, 0.25) is 0 Å². The first kappa shape index (κ1) is 20.8. The summed E-state index contributed by atoms with van der Waals surface area (Å²) in [6.07, 6.45) is 0.960. The topological polar surface area (TPSA) is 68.2 Å². The minimum atomic E-state index is -0.518. The average Bonchev–Trinajstić information content (AvgIpc) is 2.69. The molecule has 4 rings (SSSR count). The molecule has 0 aliphatic heterocycles. The Kier molecular flexibility index (Phi) is 5.13. The van der Waals surface area contributed by atoms with Gasteiger partial charge in [-0.1, -0.05) is 49.2 Å². The zero-order chi connectivity index (χ0) is 22.3. The molecule has 1 amide bonds. The van der Waals surface area contributed by atoms with Crippen LogP contribution in [0.3, 0.4) is 0 Å². The molecule has 0 saturated heterocycles. The summed E-state index contributed by atoms with van der Waals surface area (Å²) in [4.78, 5) is 39.5. The Labute approximate surface area is 181 Å². The highest BCUT2D eigenvalue weighted by Gasteiger charge is 2.35. The Morgan fingerprint density at radius 2 is 1.48 bits per heavy atom. The van der Waals surface area contributed by atoms with E-state index in [1.807, 2.05) is 64.1 Å². The molecule has 5 heteroatoms. The minimum absolute atomic E-state index is 0.0343. The van der Waals surface area contributed by atoms with Crippen LogP contribution in [0.4, 0.5) is 5.69 Å². The predicted molar refractivity (Wildman–Crippen MR) is 122 cm³/mol. The molecular weight excluding hydrogens is 388 g/mol. The summed E-state index contributed by atoms with van der Waals surface area (Å²) in [5.74, 6) is -0.563. The molecule has 0 atom stereocenters. The Balaban J connectivity index is 1.88. The average molecular weight is 415 g/mol. The molecule has 0 saturated carbocycles. The maximum absolute atomic E-state index is 13.5. The lowest BCUT2D eigenvalue weighted by molar-refractivity contribution is 0.0909. The van der Waals surface area contributed by atoms with Crippen LogP contribution in [-0.2, 0) is 6.42 Å². The molecule has 0 unspecified atom stereocenters. The molecule has 0 bridgehead atoms. The van der Waals surface area contributed by atoms with Crippen molar-refractivity contribution in [2.24, 2.45) is 5.41 Å². The molecule has 5 nitrogen and oxygen atoms in total. The first-order valence-electron chi connectivity index (χ1n) is 10.4. The van der Waals surface area contributed by atoms with Gasteiger partial charge in [-0.2, -0.15) is 0 Å². The first-order chi connectivity index (χ1) is 14.6. The number of Topliss-reactive ketones (excluding diaryl/α,β-unsaturated/α-hetero) is 1. The molecule has 31 heavy (non-hydrogen) atoms. The fourth-order valence-corrected chi connectivity index (χ4v) is 4.08. The molecule has 0 spiro atoms. The largest absolute Gasteiger partial charge is 0.322 e. The van der Waals surface area contributed by atoms with Crippen LogP contribution in [0.25, 0.3) is 5.69 Å². The van der Waals surface area contributed by atoms with Crippen molar-refractivity contribution in [1.29, 1.82) is 0 Å². The number of aryl methyl sites for hydroxylation is 2. The number of anilines is 1. The van der Waals surface area contributed by atoms with Crippen LogP contribution in [0.15, 0.2) is 59.4 Å². The Morgan fingerprint density at radius 1 is 0.903 bits per heavy atom. The van der Waals surface area contributed by atoms with Crippen LogP contribution in [0.5, 0.6) is 0 Å². The summed E-state index contributed by atoms with van der Waals surface area (Å²) in [5.41, 5.74) is 3.80. The normalized spacial score (nSPS) is 14.8. The number of amides is 1. The number of nitrogens with one attached hydrogen (secondary N) is 1. The molecular formula is C26H26N2O3. The van der Waals surface area contributed by atoms with Gasteiger partial charge >= 0.3 is 0 Å². The van der Waals surface area contributed by atoms with E-state index in [9.17, 15) is 14.4 Å². The minimum Gasteiger partial charge on any atom is -0.322 e. The molecule has 0 radical (unpaired) electrons. The fraction of sp³-hybridized carbons (Fsp3) is 0.269. The second-order valence-electron chi connectivity index (χ2n) is 9.16. The second-order valence-corrected chi connectivity index (χ2v) is 9.16. The van der Waals surface area contributed by atoms with Gasteiger partial charge in [0.1, 0.15) is 5.56 Å². The van der Waals surface area contributed by atoms with Gasteiger partial charge in [0.05, 0.1) is 0 Å². The van der Waals surface area contributed by atoms with Crippen LogP contribution in [-0.4, -0.2) is 16.3 Å². The van der Waals surface area contributed by atoms with E-state index in [1.165, 1.54) is 10.6 Å². The van der Waals surface area contributed by atoms with Gasteiger partial charge < -0.3 is 5.32 Å². The predicted octanol–water partition coefficient (Wildman–Crippen LogP) is 4.86. The van der Waals surface area contributed by atoms with E-state index in [-0.39, 0.29) is 16.8 Å². The number of carbonyl (C=O) groups excluding carboxylic acids is 2. The number of fused-ring (bicyclic) bond motifs is 1. The lowest BCUT2D eigenvalue weighted by atomic mass is 9.75. The van der Waals surface area contributed by atoms with E-state index >= 15 is 0 Å². The zero-order valence-electron chi connectivity index (χ0n) is 18.3. The van der Waals surface area contributed by atoms with Crippen molar-refractivity contribution in [1.82, 2.24) is 4.57 Å². The van der Waals surface area contributed by atoms with Crippen molar-refractivity contribution in [2.75, 3.05) is 5.32 Å².